The summed E-state index contributed by atoms with van der Waals surface area (Å²) in [6.45, 7) is -0.224. The van der Waals surface area contributed by atoms with Crippen molar-refractivity contribution in [1.82, 2.24) is 34.2 Å². The number of anilines is 1. The number of amides is 2. The minimum Gasteiger partial charge on any atom is -0.434 e. The van der Waals surface area contributed by atoms with E-state index in [9.17, 15) is 18.4 Å². The van der Waals surface area contributed by atoms with E-state index in [1.165, 1.54) is 46.0 Å². The lowest BCUT2D eigenvalue weighted by Gasteiger charge is -2.40. The number of fused-ring (bicyclic) bond motifs is 3. The summed E-state index contributed by atoms with van der Waals surface area (Å²) in [5.74, 6) is -0.867. The highest BCUT2D eigenvalue weighted by molar-refractivity contribution is 6.31. The van der Waals surface area contributed by atoms with Crippen LogP contribution in [0.5, 0.6) is 5.75 Å². The highest BCUT2D eigenvalue weighted by atomic mass is 35.5. The molecule has 0 spiro atoms. The van der Waals surface area contributed by atoms with Gasteiger partial charge in [0.25, 0.3) is 5.91 Å². The number of benzene rings is 1. The molecule has 2 atom stereocenters. The molecule has 2 amide bonds. The van der Waals surface area contributed by atoms with Gasteiger partial charge in [-0.2, -0.15) is 19.0 Å². The van der Waals surface area contributed by atoms with Crippen LogP contribution in [0.25, 0.3) is 16.9 Å². The van der Waals surface area contributed by atoms with Gasteiger partial charge < -0.3 is 19.7 Å². The fraction of sp³-hybridized carbons (Fsp3) is 0.414. The van der Waals surface area contributed by atoms with Gasteiger partial charge in [0.05, 0.1) is 24.6 Å². The molecule has 3 aliphatic heterocycles. The van der Waals surface area contributed by atoms with Crippen molar-refractivity contribution in [3.05, 3.63) is 59.6 Å². The van der Waals surface area contributed by atoms with Crippen LogP contribution in [0.3, 0.4) is 0 Å². The maximum Gasteiger partial charge on any atom is 0.387 e. The highest BCUT2D eigenvalue weighted by Gasteiger charge is 2.43. The number of morpholine rings is 1. The minimum absolute atomic E-state index is 0.110. The fourth-order valence-electron chi connectivity index (χ4n) is 6.42. The molecule has 0 radical (unpaired) electrons. The Morgan fingerprint density at radius 1 is 1.20 bits per heavy atom. The molecular weight excluding hydrogens is 598 g/mol. The van der Waals surface area contributed by atoms with Gasteiger partial charge in [0.1, 0.15) is 23.6 Å². The van der Waals surface area contributed by atoms with Gasteiger partial charge in [-0.1, -0.05) is 11.6 Å². The number of rotatable bonds is 8. The Labute approximate surface area is 255 Å². The summed E-state index contributed by atoms with van der Waals surface area (Å²) in [5.41, 5.74) is 0.928. The molecule has 6 heterocycles. The molecule has 0 saturated carbocycles. The van der Waals surface area contributed by atoms with E-state index in [1.807, 2.05) is 4.90 Å². The van der Waals surface area contributed by atoms with Crippen molar-refractivity contribution in [3.63, 3.8) is 0 Å². The first-order chi connectivity index (χ1) is 21.3. The van der Waals surface area contributed by atoms with E-state index in [2.05, 4.69) is 25.4 Å². The van der Waals surface area contributed by atoms with E-state index in [1.54, 1.807) is 12.3 Å². The van der Waals surface area contributed by atoms with E-state index in [4.69, 9.17) is 21.1 Å². The molecule has 4 aromatic rings. The smallest absolute Gasteiger partial charge is 0.387 e. The molecule has 3 aromatic heterocycles. The van der Waals surface area contributed by atoms with Crippen LogP contribution in [-0.2, 0) is 16.1 Å². The first kappa shape index (κ1) is 28.6. The van der Waals surface area contributed by atoms with Crippen LogP contribution >= 0.6 is 11.6 Å². The normalized spacial score (nSPS) is 20.6. The second-order valence-corrected chi connectivity index (χ2v) is 11.6. The number of alkyl halides is 2. The zero-order valence-corrected chi connectivity index (χ0v) is 24.2. The minimum atomic E-state index is -3.10. The third kappa shape index (κ3) is 5.60. The summed E-state index contributed by atoms with van der Waals surface area (Å²) in [6, 6.07) is 6.72. The molecular formula is C29H29ClF2N8O4. The third-order valence-corrected chi connectivity index (χ3v) is 8.71. The summed E-state index contributed by atoms with van der Waals surface area (Å²) in [7, 11) is 0. The lowest BCUT2D eigenvalue weighted by molar-refractivity contribution is -0.133. The van der Waals surface area contributed by atoms with Gasteiger partial charge in [-0.3, -0.25) is 19.2 Å². The molecule has 12 nitrogen and oxygen atoms in total. The topological polar surface area (TPSA) is 119 Å². The van der Waals surface area contributed by atoms with Gasteiger partial charge in [-0.05, 0) is 43.5 Å². The predicted molar refractivity (Wildman–Crippen MR) is 155 cm³/mol. The average Bonchev–Trinajstić information content (AvgIpc) is 3.82. The molecule has 7 rings (SSSR count). The highest BCUT2D eigenvalue weighted by Crippen LogP contribution is 2.37. The SMILES string of the molecule is O=C(Nc1cn(CC(=O)N2CCC(N3C[C@@H]4C[C@H]3CO4)CC2)nc1-c1cc(Cl)ccc1OC(F)F)c1cnn2cccnc12. The van der Waals surface area contributed by atoms with Crippen molar-refractivity contribution < 1.29 is 27.8 Å². The first-order valence-electron chi connectivity index (χ1n) is 14.4. The Morgan fingerprint density at radius 3 is 2.80 bits per heavy atom. The van der Waals surface area contributed by atoms with Gasteiger partial charge in [0.15, 0.2) is 5.65 Å². The van der Waals surface area contributed by atoms with E-state index >= 15 is 0 Å². The Morgan fingerprint density at radius 2 is 2.05 bits per heavy atom. The van der Waals surface area contributed by atoms with E-state index in [-0.39, 0.29) is 45.7 Å². The molecule has 3 fully saturated rings. The van der Waals surface area contributed by atoms with Crippen LogP contribution in [0.15, 0.2) is 49.1 Å². The predicted octanol–water partition coefficient (Wildman–Crippen LogP) is 3.56. The molecule has 44 heavy (non-hydrogen) atoms. The van der Waals surface area contributed by atoms with E-state index in [0.29, 0.717) is 36.9 Å². The molecule has 2 bridgehead atoms. The maximum absolute atomic E-state index is 13.4. The van der Waals surface area contributed by atoms with Crippen molar-refractivity contribution in [2.24, 2.45) is 0 Å². The number of carbonyl (C=O) groups is 2. The Kier molecular flexibility index (Phi) is 7.64. The zero-order chi connectivity index (χ0) is 30.4. The van der Waals surface area contributed by atoms with Crippen molar-refractivity contribution in [3.8, 4) is 17.0 Å². The standard InChI is InChI=1S/C29H29ClF2N8O4/c30-17-2-3-24(44-29(31)32)21(10-17)26-23(35-28(42)22-12-34-40-7-1-6-33-27(22)40)14-38(36-26)15-25(41)37-8-4-18(5-9-37)39-13-20-11-19(39)16-43-20/h1-3,6-7,10,12,14,18-20,29H,4-5,8-9,11,13,15-16H2,(H,35,42)/t19-,20-/m0/s1. The first-order valence-corrected chi connectivity index (χ1v) is 14.8. The number of halogens is 3. The summed E-state index contributed by atoms with van der Waals surface area (Å²) in [4.78, 5) is 35.3. The number of likely N-dealkylation sites (tertiary alicyclic amines) is 2. The number of carbonyl (C=O) groups excluding carboxylic acids is 2. The lowest BCUT2D eigenvalue weighted by atomic mass is 10.0. The summed E-state index contributed by atoms with van der Waals surface area (Å²) in [6.07, 6.45) is 9.24. The number of nitrogens with zero attached hydrogens (tertiary/aromatic N) is 7. The summed E-state index contributed by atoms with van der Waals surface area (Å²) >= 11 is 6.22. The van der Waals surface area contributed by atoms with Gasteiger partial charge in [-0.15, -0.1) is 0 Å². The molecule has 0 unspecified atom stereocenters. The van der Waals surface area contributed by atoms with Crippen LogP contribution in [0, 0.1) is 0 Å². The van der Waals surface area contributed by atoms with Gasteiger partial charge in [0, 0.05) is 60.9 Å². The molecule has 1 aromatic carbocycles. The number of piperidine rings is 1. The maximum atomic E-state index is 13.4. The summed E-state index contributed by atoms with van der Waals surface area (Å²) in [5, 5.41) is 11.7. The third-order valence-electron chi connectivity index (χ3n) is 8.47. The van der Waals surface area contributed by atoms with Crippen molar-refractivity contribution in [2.45, 2.75) is 50.6 Å². The molecule has 3 aliphatic rings. The number of aromatic nitrogens is 5. The number of nitrogens with one attached hydrogen (secondary N) is 1. The number of hydrogen-bond donors (Lipinski definition) is 1. The lowest BCUT2D eigenvalue weighted by Crippen LogP contribution is -2.51. The second kappa shape index (κ2) is 11.7. The Balaban J connectivity index is 1.13. The monoisotopic (exact) mass is 626 g/mol. The van der Waals surface area contributed by atoms with Crippen LogP contribution in [0.1, 0.15) is 29.6 Å². The zero-order valence-electron chi connectivity index (χ0n) is 23.5. The summed E-state index contributed by atoms with van der Waals surface area (Å²) < 4.78 is 39.9. The number of ether oxygens (including phenoxy) is 2. The fourth-order valence-corrected chi connectivity index (χ4v) is 6.59. The van der Waals surface area contributed by atoms with Crippen molar-refractivity contribution in [2.75, 3.05) is 31.6 Å². The quantitative estimate of drug-likeness (QED) is 0.315. The Hall–Kier alpha value is -4.14. The van der Waals surface area contributed by atoms with E-state index < -0.39 is 12.5 Å². The van der Waals surface area contributed by atoms with Gasteiger partial charge in [-0.25, -0.2) is 9.50 Å². The van der Waals surface area contributed by atoms with E-state index in [0.717, 1.165) is 32.4 Å². The van der Waals surface area contributed by atoms with Gasteiger partial charge >= 0.3 is 6.61 Å². The molecule has 15 heteroatoms. The molecule has 1 N–H and O–H groups in total. The van der Waals surface area contributed by atoms with Crippen LogP contribution < -0.4 is 10.1 Å². The largest absolute Gasteiger partial charge is 0.434 e. The van der Waals surface area contributed by atoms with Crippen molar-refractivity contribution in [1.29, 1.82) is 0 Å². The van der Waals surface area contributed by atoms with Crippen LogP contribution in [0.2, 0.25) is 5.02 Å². The molecule has 0 aliphatic carbocycles. The van der Waals surface area contributed by atoms with Crippen molar-refractivity contribution >= 4 is 34.7 Å². The molecule has 3 saturated heterocycles. The van der Waals surface area contributed by atoms with Crippen LogP contribution in [-0.4, -0.2) is 97.0 Å². The van der Waals surface area contributed by atoms with Crippen LogP contribution in [0.4, 0.5) is 14.5 Å². The number of hydrogen-bond acceptors (Lipinski definition) is 8. The Bertz CT molecular complexity index is 1710. The average molecular weight is 627 g/mol. The molecule has 230 valence electrons. The second-order valence-electron chi connectivity index (χ2n) is 11.2. The van der Waals surface area contributed by atoms with Gasteiger partial charge in [0.2, 0.25) is 5.91 Å².